The van der Waals surface area contributed by atoms with Gasteiger partial charge in [-0.25, -0.2) is 4.39 Å². The summed E-state index contributed by atoms with van der Waals surface area (Å²) in [6, 6.07) is 13.6. The summed E-state index contributed by atoms with van der Waals surface area (Å²) >= 11 is 0. The second-order valence-electron chi connectivity index (χ2n) is 4.12. The fourth-order valence-electron chi connectivity index (χ4n) is 2.01. The number of aliphatic hydroxyl groups is 1. The number of hydrogen-bond acceptors (Lipinski definition) is 2. The minimum absolute atomic E-state index is 0.273. The average molecular weight is 242 g/mol. The van der Waals surface area contributed by atoms with Gasteiger partial charge >= 0.3 is 0 Å². The Morgan fingerprint density at radius 1 is 1.06 bits per heavy atom. The Kier molecular flexibility index (Phi) is 2.61. The van der Waals surface area contributed by atoms with Crippen LogP contribution in [0.1, 0.15) is 23.0 Å². The highest BCUT2D eigenvalue weighted by Crippen LogP contribution is 2.37. The first-order valence-electron chi connectivity index (χ1n) is 5.65. The lowest BCUT2D eigenvalue weighted by Gasteiger charge is -2.03. The van der Waals surface area contributed by atoms with Crippen LogP contribution in [-0.4, -0.2) is 5.11 Å². The SMILES string of the molecule is OC1O/C(=C\c2ccc(F)cc2)c2ccccc21. The molecular weight excluding hydrogens is 231 g/mol. The molecule has 1 heterocycles. The lowest BCUT2D eigenvalue weighted by Crippen LogP contribution is -1.91. The van der Waals surface area contributed by atoms with Gasteiger partial charge in [-0.1, -0.05) is 36.4 Å². The van der Waals surface area contributed by atoms with Crippen LogP contribution in [0.3, 0.4) is 0 Å². The zero-order valence-electron chi connectivity index (χ0n) is 9.51. The van der Waals surface area contributed by atoms with Crippen molar-refractivity contribution in [3.63, 3.8) is 0 Å². The molecule has 0 aromatic heterocycles. The standard InChI is InChI=1S/C15H11FO2/c16-11-7-5-10(6-8-11)9-14-12-3-1-2-4-13(12)15(17)18-14/h1-9,15,17H/b14-9-. The summed E-state index contributed by atoms with van der Waals surface area (Å²) in [5.74, 6) is 0.328. The molecule has 2 aromatic rings. The summed E-state index contributed by atoms with van der Waals surface area (Å²) in [6.45, 7) is 0. The maximum Gasteiger partial charge on any atom is 0.225 e. The molecule has 0 fully saturated rings. The van der Waals surface area contributed by atoms with E-state index in [1.807, 2.05) is 24.3 Å². The van der Waals surface area contributed by atoms with E-state index < -0.39 is 6.29 Å². The predicted molar refractivity (Wildman–Crippen MR) is 66.8 cm³/mol. The maximum atomic E-state index is 12.8. The molecule has 18 heavy (non-hydrogen) atoms. The van der Waals surface area contributed by atoms with E-state index in [9.17, 15) is 9.50 Å². The van der Waals surface area contributed by atoms with Crippen molar-refractivity contribution in [3.8, 4) is 0 Å². The molecule has 0 bridgehead atoms. The Labute approximate surface area is 104 Å². The van der Waals surface area contributed by atoms with Gasteiger partial charge in [-0.3, -0.25) is 0 Å². The monoisotopic (exact) mass is 242 g/mol. The summed E-state index contributed by atoms with van der Waals surface area (Å²) in [5.41, 5.74) is 2.45. The highest BCUT2D eigenvalue weighted by molar-refractivity contribution is 5.80. The number of halogens is 1. The molecule has 0 spiro atoms. The highest BCUT2D eigenvalue weighted by Gasteiger charge is 2.25. The number of benzene rings is 2. The fourth-order valence-corrected chi connectivity index (χ4v) is 2.01. The fraction of sp³-hybridized carbons (Fsp3) is 0.0667. The third-order valence-electron chi connectivity index (χ3n) is 2.90. The predicted octanol–water partition coefficient (Wildman–Crippen LogP) is 3.34. The van der Waals surface area contributed by atoms with Crippen LogP contribution in [0.15, 0.2) is 48.5 Å². The summed E-state index contributed by atoms with van der Waals surface area (Å²) in [7, 11) is 0. The lowest BCUT2D eigenvalue weighted by atomic mass is 10.1. The molecule has 1 aliphatic rings. The molecule has 0 radical (unpaired) electrons. The number of hydrogen-bond donors (Lipinski definition) is 1. The van der Waals surface area contributed by atoms with Gasteiger partial charge < -0.3 is 9.84 Å². The molecule has 1 aliphatic heterocycles. The van der Waals surface area contributed by atoms with Crippen molar-refractivity contribution in [1.29, 1.82) is 0 Å². The number of rotatable bonds is 1. The van der Waals surface area contributed by atoms with Crippen LogP contribution in [-0.2, 0) is 4.74 Å². The molecule has 0 amide bonds. The van der Waals surface area contributed by atoms with Crippen LogP contribution in [0, 0.1) is 5.82 Å². The minimum atomic E-state index is -0.923. The van der Waals surface area contributed by atoms with Gasteiger partial charge in [-0.2, -0.15) is 0 Å². The third kappa shape index (κ3) is 1.89. The molecular formula is C15H11FO2. The van der Waals surface area contributed by atoms with E-state index in [2.05, 4.69) is 0 Å². The van der Waals surface area contributed by atoms with Crippen LogP contribution in [0.4, 0.5) is 4.39 Å². The van der Waals surface area contributed by atoms with Crippen LogP contribution in [0.2, 0.25) is 0 Å². The molecule has 1 N–H and O–H groups in total. The molecule has 90 valence electrons. The molecule has 3 heteroatoms. The molecule has 3 rings (SSSR count). The van der Waals surface area contributed by atoms with Crippen molar-refractivity contribution in [2.75, 3.05) is 0 Å². The third-order valence-corrected chi connectivity index (χ3v) is 2.90. The molecule has 1 atom stereocenters. The zero-order valence-corrected chi connectivity index (χ0v) is 9.51. The van der Waals surface area contributed by atoms with E-state index >= 15 is 0 Å². The molecule has 0 saturated carbocycles. The number of fused-ring (bicyclic) bond motifs is 1. The Morgan fingerprint density at radius 2 is 1.78 bits per heavy atom. The zero-order chi connectivity index (χ0) is 12.5. The van der Waals surface area contributed by atoms with E-state index in [-0.39, 0.29) is 5.82 Å². The summed E-state index contributed by atoms with van der Waals surface area (Å²) < 4.78 is 18.2. The van der Waals surface area contributed by atoms with E-state index in [1.165, 1.54) is 12.1 Å². The molecule has 2 nitrogen and oxygen atoms in total. The minimum Gasteiger partial charge on any atom is -0.460 e. The van der Waals surface area contributed by atoms with Crippen molar-refractivity contribution in [2.45, 2.75) is 6.29 Å². The lowest BCUT2D eigenvalue weighted by molar-refractivity contribution is -0.0289. The van der Waals surface area contributed by atoms with E-state index in [1.54, 1.807) is 18.2 Å². The first-order chi connectivity index (χ1) is 8.74. The van der Waals surface area contributed by atoms with Gasteiger partial charge in [0.15, 0.2) is 0 Å². The van der Waals surface area contributed by atoms with Crippen molar-refractivity contribution in [3.05, 3.63) is 71.0 Å². The maximum absolute atomic E-state index is 12.8. The molecule has 2 aromatic carbocycles. The van der Waals surface area contributed by atoms with Crippen LogP contribution < -0.4 is 0 Å². The van der Waals surface area contributed by atoms with Gasteiger partial charge in [0.2, 0.25) is 6.29 Å². The van der Waals surface area contributed by atoms with E-state index in [4.69, 9.17) is 4.74 Å². The summed E-state index contributed by atoms with van der Waals surface area (Å²) in [4.78, 5) is 0. The van der Waals surface area contributed by atoms with Crippen molar-refractivity contribution >= 4 is 11.8 Å². The quantitative estimate of drug-likeness (QED) is 0.831. The highest BCUT2D eigenvalue weighted by atomic mass is 19.1. The van der Waals surface area contributed by atoms with Gasteiger partial charge in [-0.15, -0.1) is 0 Å². The average Bonchev–Trinajstić information content (AvgIpc) is 2.70. The topological polar surface area (TPSA) is 29.5 Å². The first kappa shape index (κ1) is 11.0. The molecule has 1 unspecified atom stereocenters. The summed E-state index contributed by atoms with van der Waals surface area (Å²) in [5, 5.41) is 9.75. The smallest absolute Gasteiger partial charge is 0.225 e. The van der Waals surface area contributed by atoms with Crippen molar-refractivity contribution in [2.24, 2.45) is 0 Å². The van der Waals surface area contributed by atoms with Gasteiger partial charge in [0.25, 0.3) is 0 Å². The van der Waals surface area contributed by atoms with E-state index in [0.29, 0.717) is 5.76 Å². The van der Waals surface area contributed by atoms with Crippen molar-refractivity contribution < 1.29 is 14.2 Å². The van der Waals surface area contributed by atoms with Gasteiger partial charge in [-0.05, 0) is 23.8 Å². The Bertz CT molecular complexity index is 602. The normalized spacial score (nSPS) is 19.7. The van der Waals surface area contributed by atoms with E-state index in [0.717, 1.165) is 16.7 Å². The van der Waals surface area contributed by atoms with Crippen LogP contribution in [0.5, 0.6) is 0 Å². The number of ether oxygens (including phenoxy) is 1. The van der Waals surface area contributed by atoms with Crippen LogP contribution in [0.25, 0.3) is 11.8 Å². The largest absolute Gasteiger partial charge is 0.460 e. The first-order valence-corrected chi connectivity index (χ1v) is 5.65. The molecule has 0 aliphatic carbocycles. The second-order valence-corrected chi connectivity index (χ2v) is 4.12. The van der Waals surface area contributed by atoms with Gasteiger partial charge in [0.1, 0.15) is 11.6 Å². The Hall–Kier alpha value is -2.13. The number of aliphatic hydroxyl groups excluding tert-OH is 1. The Morgan fingerprint density at radius 3 is 2.56 bits per heavy atom. The molecule has 0 saturated heterocycles. The van der Waals surface area contributed by atoms with Crippen molar-refractivity contribution in [1.82, 2.24) is 0 Å². The summed E-state index contributed by atoms with van der Waals surface area (Å²) in [6.07, 6.45) is 0.863. The second kappa shape index (κ2) is 4.27. The van der Waals surface area contributed by atoms with Gasteiger partial charge in [0, 0.05) is 11.1 Å². The van der Waals surface area contributed by atoms with Crippen LogP contribution >= 0.6 is 0 Å². The van der Waals surface area contributed by atoms with Gasteiger partial charge in [0.05, 0.1) is 0 Å². The Balaban J connectivity index is 2.02.